The summed E-state index contributed by atoms with van der Waals surface area (Å²) < 4.78 is 20.1. The fourth-order valence-electron chi connectivity index (χ4n) is 2.83. The average molecular weight is 283 g/mol. The van der Waals surface area contributed by atoms with E-state index in [2.05, 4.69) is 20.6 Å². The Morgan fingerprint density at radius 3 is 2.74 bits per heavy atom. The molecule has 0 amide bonds. The molecule has 2 bridgehead atoms. The molecule has 0 saturated carbocycles. The monoisotopic (exact) mass is 283 g/mol. The summed E-state index contributed by atoms with van der Waals surface area (Å²) in [4.78, 5) is 2.47. The van der Waals surface area contributed by atoms with E-state index in [1.54, 1.807) is 0 Å². The lowest BCUT2D eigenvalue weighted by molar-refractivity contribution is -0.0110. The third-order valence-electron chi connectivity index (χ3n) is 4.03. The van der Waals surface area contributed by atoms with Gasteiger partial charge in [0.05, 0.1) is 18.3 Å². The first-order valence-corrected chi connectivity index (χ1v) is 7.94. The summed E-state index contributed by atoms with van der Waals surface area (Å²) in [5.74, 6) is 1.85. The molecule has 3 aliphatic heterocycles. The average Bonchev–Trinajstić information content (AvgIpc) is 2.88. The van der Waals surface area contributed by atoms with Crippen molar-refractivity contribution in [2.24, 2.45) is 5.92 Å². The number of aromatic nitrogens is 2. The molecule has 0 spiro atoms. The Morgan fingerprint density at radius 2 is 2.05 bits per heavy atom. The van der Waals surface area contributed by atoms with Gasteiger partial charge in [0.2, 0.25) is 0 Å². The third kappa shape index (κ3) is 3.00. The van der Waals surface area contributed by atoms with Gasteiger partial charge >= 0.3 is 0 Å². The Bertz CT molecular complexity index is 404. The molecule has 1 aromatic heterocycles. The topological polar surface area (TPSA) is 47.5 Å². The SMILES string of the molecule is CCCCOc1nsnc1OC1CN2CCC1CC2. The predicted octanol–water partition coefficient (Wildman–Crippen LogP) is 2.19. The molecule has 3 aliphatic rings. The molecule has 4 heterocycles. The van der Waals surface area contributed by atoms with Crippen LogP contribution in [0, 0.1) is 5.92 Å². The van der Waals surface area contributed by atoms with Gasteiger partial charge in [-0.05, 0) is 38.3 Å². The van der Waals surface area contributed by atoms with Crippen LogP contribution >= 0.6 is 11.7 Å². The van der Waals surface area contributed by atoms with Gasteiger partial charge in [0.15, 0.2) is 0 Å². The van der Waals surface area contributed by atoms with Crippen molar-refractivity contribution in [2.45, 2.75) is 38.7 Å². The number of hydrogen-bond donors (Lipinski definition) is 0. The fourth-order valence-corrected chi connectivity index (χ4v) is 3.27. The van der Waals surface area contributed by atoms with E-state index in [1.165, 1.54) is 37.7 Å². The van der Waals surface area contributed by atoms with E-state index in [9.17, 15) is 0 Å². The van der Waals surface area contributed by atoms with E-state index < -0.39 is 0 Å². The van der Waals surface area contributed by atoms with E-state index >= 15 is 0 Å². The van der Waals surface area contributed by atoms with Crippen LogP contribution in [0.3, 0.4) is 0 Å². The van der Waals surface area contributed by atoms with Crippen molar-refractivity contribution < 1.29 is 9.47 Å². The first kappa shape index (κ1) is 13.1. The summed E-state index contributed by atoms with van der Waals surface area (Å²) in [5, 5.41) is 0. The molecule has 4 rings (SSSR count). The highest BCUT2D eigenvalue weighted by Gasteiger charge is 2.36. The van der Waals surface area contributed by atoms with Crippen LogP contribution in [0.4, 0.5) is 0 Å². The maximum Gasteiger partial charge on any atom is 0.291 e. The lowest BCUT2D eigenvalue weighted by atomic mass is 9.86. The summed E-state index contributed by atoms with van der Waals surface area (Å²) >= 11 is 1.17. The molecular formula is C13H21N3O2S. The molecule has 0 radical (unpaired) electrons. The molecule has 6 heteroatoms. The van der Waals surface area contributed by atoms with Crippen LogP contribution in [0.5, 0.6) is 11.8 Å². The number of unbranched alkanes of at least 4 members (excludes halogenated alkanes) is 1. The third-order valence-corrected chi connectivity index (χ3v) is 4.52. The maximum absolute atomic E-state index is 6.06. The van der Waals surface area contributed by atoms with Crippen LogP contribution in [-0.4, -0.2) is 46.0 Å². The lowest BCUT2D eigenvalue weighted by Crippen LogP contribution is -2.52. The van der Waals surface area contributed by atoms with Crippen LogP contribution in [0.1, 0.15) is 32.6 Å². The van der Waals surface area contributed by atoms with E-state index in [1.807, 2.05) is 0 Å². The minimum atomic E-state index is 0.264. The minimum Gasteiger partial charge on any atom is -0.473 e. The molecule has 1 atom stereocenters. The summed E-state index contributed by atoms with van der Waals surface area (Å²) in [7, 11) is 0. The highest BCUT2D eigenvalue weighted by atomic mass is 32.1. The zero-order valence-corrected chi connectivity index (χ0v) is 12.2. The predicted molar refractivity (Wildman–Crippen MR) is 73.9 cm³/mol. The first-order chi connectivity index (χ1) is 9.36. The molecule has 0 N–H and O–H groups in total. The second-order valence-electron chi connectivity index (χ2n) is 5.37. The van der Waals surface area contributed by atoms with Crippen LogP contribution in [0.15, 0.2) is 0 Å². The van der Waals surface area contributed by atoms with Gasteiger partial charge in [-0.2, -0.15) is 0 Å². The molecule has 0 aliphatic carbocycles. The second-order valence-corrected chi connectivity index (χ2v) is 5.90. The van der Waals surface area contributed by atoms with Crippen LogP contribution < -0.4 is 9.47 Å². The standard InChI is InChI=1S/C13H21N3O2S/c1-2-3-8-17-12-13(15-19-14-12)18-11-9-16-6-4-10(11)5-7-16/h10-11H,2-9H2,1H3. The number of rotatable bonds is 6. The largest absolute Gasteiger partial charge is 0.473 e. The fraction of sp³-hybridized carbons (Fsp3) is 0.846. The van der Waals surface area contributed by atoms with Gasteiger partial charge in [0.25, 0.3) is 11.8 Å². The smallest absolute Gasteiger partial charge is 0.291 e. The normalized spacial score (nSPS) is 29.4. The van der Waals surface area contributed by atoms with Crippen LogP contribution in [-0.2, 0) is 0 Å². The van der Waals surface area contributed by atoms with E-state index in [0.29, 0.717) is 24.3 Å². The van der Waals surface area contributed by atoms with Crippen molar-refractivity contribution in [3.63, 3.8) is 0 Å². The molecule has 3 fully saturated rings. The van der Waals surface area contributed by atoms with E-state index in [0.717, 1.165) is 19.4 Å². The zero-order chi connectivity index (χ0) is 13.1. The van der Waals surface area contributed by atoms with Crippen molar-refractivity contribution >= 4 is 11.7 Å². The number of ether oxygens (including phenoxy) is 2. The van der Waals surface area contributed by atoms with E-state index in [-0.39, 0.29) is 6.10 Å². The Morgan fingerprint density at radius 1 is 1.26 bits per heavy atom. The van der Waals surface area contributed by atoms with Crippen molar-refractivity contribution in [2.75, 3.05) is 26.2 Å². The molecule has 1 unspecified atom stereocenters. The number of hydrogen-bond acceptors (Lipinski definition) is 6. The maximum atomic E-state index is 6.06. The first-order valence-electron chi connectivity index (χ1n) is 7.21. The zero-order valence-electron chi connectivity index (χ0n) is 11.4. The Kier molecular flexibility index (Phi) is 4.18. The van der Waals surface area contributed by atoms with Gasteiger partial charge in [-0.1, -0.05) is 13.3 Å². The Labute approximate surface area is 118 Å². The number of fused-ring (bicyclic) bond motifs is 3. The van der Waals surface area contributed by atoms with Gasteiger partial charge in [-0.3, -0.25) is 4.90 Å². The summed E-state index contributed by atoms with van der Waals surface area (Å²) in [6, 6.07) is 0. The van der Waals surface area contributed by atoms with Crippen LogP contribution in [0.25, 0.3) is 0 Å². The second kappa shape index (κ2) is 6.05. The lowest BCUT2D eigenvalue weighted by Gasteiger charge is -2.43. The van der Waals surface area contributed by atoms with Gasteiger partial charge in [0.1, 0.15) is 6.10 Å². The number of nitrogens with zero attached hydrogens (tertiary/aromatic N) is 3. The molecule has 106 valence electrons. The van der Waals surface area contributed by atoms with Gasteiger partial charge < -0.3 is 9.47 Å². The number of piperidine rings is 3. The molecule has 5 nitrogen and oxygen atoms in total. The highest BCUT2D eigenvalue weighted by molar-refractivity contribution is 6.99. The molecule has 19 heavy (non-hydrogen) atoms. The molecule has 3 saturated heterocycles. The molecular weight excluding hydrogens is 262 g/mol. The molecule has 1 aromatic rings. The van der Waals surface area contributed by atoms with Crippen molar-refractivity contribution in [3.8, 4) is 11.8 Å². The van der Waals surface area contributed by atoms with E-state index in [4.69, 9.17) is 9.47 Å². The van der Waals surface area contributed by atoms with Crippen molar-refractivity contribution in [3.05, 3.63) is 0 Å². The summed E-state index contributed by atoms with van der Waals surface area (Å²) in [6.07, 6.45) is 4.91. The van der Waals surface area contributed by atoms with Crippen molar-refractivity contribution in [1.29, 1.82) is 0 Å². The van der Waals surface area contributed by atoms with Gasteiger partial charge in [0, 0.05) is 6.54 Å². The Balaban J connectivity index is 1.59. The van der Waals surface area contributed by atoms with Crippen molar-refractivity contribution in [1.82, 2.24) is 13.6 Å². The van der Waals surface area contributed by atoms with Gasteiger partial charge in [-0.25, -0.2) is 0 Å². The highest BCUT2D eigenvalue weighted by Crippen LogP contribution is 2.33. The minimum absolute atomic E-state index is 0.264. The van der Waals surface area contributed by atoms with Gasteiger partial charge in [-0.15, -0.1) is 8.75 Å². The quantitative estimate of drug-likeness (QED) is 0.749. The van der Waals surface area contributed by atoms with Crippen LogP contribution in [0.2, 0.25) is 0 Å². The summed E-state index contributed by atoms with van der Waals surface area (Å²) in [6.45, 7) is 6.31. The summed E-state index contributed by atoms with van der Waals surface area (Å²) in [5.41, 5.74) is 0. The Hall–Kier alpha value is -0.880. The molecule has 0 aromatic carbocycles.